The normalized spacial score (nSPS) is 16.0. The maximum Gasteiger partial charge on any atom is 0.275 e. The van der Waals surface area contributed by atoms with E-state index in [0.717, 1.165) is 5.56 Å². The molecule has 0 saturated carbocycles. The highest BCUT2D eigenvalue weighted by atomic mass is 32.2. The number of anilines is 2. The van der Waals surface area contributed by atoms with Crippen LogP contribution in [0.1, 0.15) is 22.5 Å². The number of nitrogens with one attached hydrogen (secondary N) is 1. The maximum absolute atomic E-state index is 12.6. The molecule has 3 heterocycles. The highest BCUT2D eigenvalue weighted by Crippen LogP contribution is 2.32. The number of aromatic nitrogens is 2. The van der Waals surface area contributed by atoms with Crippen LogP contribution in [0.15, 0.2) is 42.7 Å². The van der Waals surface area contributed by atoms with Crippen LogP contribution in [-0.2, 0) is 10.0 Å². The molecule has 140 valence electrons. The minimum Gasteiger partial charge on any atom is -0.506 e. The number of nitrogens with zero attached hydrogens (tertiary/aromatic N) is 3. The molecular formula is C18H18N4O4S. The Balaban J connectivity index is 1.63. The molecule has 1 aliphatic heterocycles. The Kier molecular flexibility index (Phi) is 4.03. The number of imidazole rings is 1. The number of carbonyl (C=O) groups is 1. The molecule has 1 fully saturated rings. The number of rotatable bonds is 3. The number of carbonyl (C=O) groups excluding carboxylic acids is 1. The van der Waals surface area contributed by atoms with Crippen molar-refractivity contribution in [2.24, 2.45) is 0 Å². The molecule has 27 heavy (non-hydrogen) atoms. The van der Waals surface area contributed by atoms with E-state index in [2.05, 4.69) is 10.3 Å². The lowest BCUT2D eigenvalue weighted by Gasteiger charge is -2.18. The van der Waals surface area contributed by atoms with Gasteiger partial charge in [0.25, 0.3) is 5.91 Å². The fourth-order valence-corrected chi connectivity index (χ4v) is 4.64. The van der Waals surface area contributed by atoms with Crippen LogP contribution in [-0.4, -0.2) is 41.1 Å². The third kappa shape index (κ3) is 3.21. The van der Waals surface area contributed by atoms with Crippen LogP contribution < -0.4 is 9.62 Å². The van der Waals surface area contributed by atoms with Crippen LogP contribution in [0, 0.1) is 6.92 Å². The Hall–Kier alpha value is -3.07. The van der Waals surface area contributed by atoms with Crippen LogP contribution in [0.4, 0.5) is 11.4 Å². The minimum absolute atomic E-state index is 0.0935. The summed E-state index contributed by atoms with van der Waals surface area (Å²) in [5.41, 5.74) is 2.40. The van der Waals surface area contributed by atoms with E-state index >= 15 is 0 Å². The van der Waals surface area contributed by atoms with E-state index in [-0.39, 0.29) is 22.9 Å². The first-order chi connectivity index (χ1) is 12.8. The average Bonchev–Trinajstić information content (AvgIpc) is 3.19. The van der Waals surface area contributed by atoms with Gasteiger partial charge in [-0.1, -0.05) is 0 Å². The summed E-state index contributed by atoms with van der Waals surface area (Å²) in [7, 11) is -3.35. The summed E-state index contributed by atoms with van der Waals surface area (Å²) in [6.45, 7) is 2.32. The Labute approximate surface area is 156 Å². The van der Waals surface area contributed by atoms with Crippen molar-refractivity contribution in [2.75, 3.05) is 21.9 Å². The predicted octanol–water partition coefficient (Wildman–Crippen LogP) is 2.14. The third-order valence-electron chi connectivity index (χ3n) is 4.46. The first-order valence-electron chi connectivity index (χ1n) is 8.44. The van der Waals surface area contributed by atoms with Crippen molar-refractivity contribution in [2.45, 2.75) is 13.3 Å². The lowest BCUT2D eigenvalue weighted by atomic mass is 10.2. The molecule has 3 aromatic rings. The number of phenolic OH excluding ortho intramolecular Hbond substituents is 1. The number of aryl methyl sites for hydroxylation is 1. The zero-order valence-corrected chi connectivity index (χ0v) is 15.4. The molecule has 2 aromatic heterocycles. The number of sulfonamides is 1. The summed E-state index contributed by atoms with van der Waals surface area (Å²) in [5.74, 6) is -0.549. The van der Waals surface area contributed by atoms with Crippen LogP contribution in [0.2, 0.25) is 0 Å². The Morgan fingerprint density at radius 2 is 2.07 bits per heavy atom. The lowest BCUT2D eigenvalue weighted by molar-refractivity contribution is 0.102. The molecule has 9 heteroatoms. The summed E-state index contributed by atoms with van der Waals surface area (Å²) >= 11 is 0. The SMILES string of the molecule is Cc1ccn2cc(C(=O)Nc3cc(N4CCCS4(=O)=O)ccc3O)nc2c1. The van der Waals surface area contributed by atoms with Crippen LogP contribution in [0.5, 0.6) is 5.75 Å². The molecule has 0 spiro atoms. The van der Waals surface area contributed by atoms with E-state index < -0.39 is 15.9 Å². The molecule has 8 nitrogen and oxygen atoms in total. The number of fused-ring (bicyclic) bond motifs is 1. The summed E-state index contributed by atoms with van der Waals surface area (Å²) in [5, 5.41) is 12.7. The van der Waals surface area contributed by atoms with Crippen molar-refractivity contribution in [3.63, 3.8) is 0 Å². The highest BCUT2D eigenvalue weighted by Gasteiger charge is 2.29. The molecule has 2 N–H and O–H groups in total. The van der Waals surface area contributed by atoms with E-state index in [9.17, 15) is 18.3 Å². The van der Waals surface area contributed by atoms with Crippen molar-refractivity contribution in [3.8, 4) is 5.75 Å². The second-order valence-electron chi connectivity index (χ2n) is 6.49. The monoisotopic (exact) mass is 386 g/mol. The molecule has 0 radical (unpaired) electrons. The van der Waals surface area contributed by atoms with Crippen molar-refractivity contribution in [1.82, 2.24) is 9.38 Å². The Morgan fingerprint density at radius 3 is 2.81 bits per heavy atom. The van der Waals surface area contributed by atoms with E-state index in [4.69, 9.17) is 0 Å². The van der Waals surface area contributed by atoms with Crippen molar-refractivity contribution in [3.05, 3.63) is 54.0 Å². The van der Waals surface area contributed by atoms with Crippen LogP contribution in [0.25, 0.3) is 5.65 Å². The standard InChI is InChI=1S/C18H18N4O4S/c1-12-5-7-21-11-15(19-17(21)9-12)18(24)20-14-10-13(3-4-16(14)23)22-6-2-8-27(22,25)26/h3-5,7,9-11,23H,2,6,8H2,1H3,(H,20,24). The fraction of sp³-hybridized carbons (Fsp3) is 0.222. The van der Waals surface area contributed by atoms with Gasteiger partial charge in [0.1, 0.15) is 17.1 Å². The van der Waals surface area contributed by atoms with Crippen LogP contribution in [0.3, 0.4) is 0 Å². The number of pyridine rings is 1. The maximum atomic E-state index is 12.6. The topological polar surface area (TPSA) is 104 Å². The van der Waals surface area contributed by atoms with Crippen molar-refractivity contribution in [1.29, 1.82) is 0 Å². The van der Waals surface area contributed by atoms with Gasteiger partial charge in [0.2, 0.25) is 10.0 Å². The molecule has 1 aromatic carbocycles. The number of hydrogen-bond acceptors (Lipinski definition) is 5. The number of amides is 1. The molecule has 1 saturated heterocycles. The number of phenols is 1. The summed E-state index contributed by atoms with van der Waals surface area (Å²) < 4.78 is 27.2. The van der Waals surface area contributed by atoms with E-state index in [0.29, 0.717) is 24.3 Å². The first kappa shape index (κ1) is 17.3. The van der Waals surface area contributed by atoms with Gasteiger partial charge in [0, 0.05) is 18.9 Å². The van der Waals surface area contributed by atoms with E-state index in [1.807, 2.05) is 25.3 Å². The zero-order valence-electron chi connectivity index (χ0n) is 14.6. The highest BCUT2D eigenvalue weighted by molar-refractivity contribution is 7.93. The van der Waals surface area contributed by atoms with E-state index in [1.54, 1.807) is 10.6 Å². The smallest absolute Gasteiger partial charge is 0.275 e. The van der Waals surface area contributed by atoms with Gasteiger partial charge in [-0.3, -0.25) is 9.10 Å². The van der Waals surface area contributed by atoms with Gasteiger partial charge in [-0.25, -0.2) is 13.4 Å². The number of aromatic hydroxyl groups is 1. The predicted molar refractivity (Wildman–Crippen MR) is 102 cm³/mol. The third-order valence-corrected chi connectivity index (χ3v) is 6.33. The second kappa shape index (κ2) is 6.27. The Morgan fingerprint density at radius 1 is 1.26 bits per heavy atom. The van der Waals surface area contributed by atoms with Crippen LogP contribution >= 0.6 is 0 Å². The molecule has 0 aliphatic carbocycles. The van der Waals surface area contributed by atoms with Gasteiger partial charge in [0.05, 0.1) is 17.1 Å². The summed E-state index contributed by atoms with van der Waals surface area (Å²) in [6, 6.07) is 8.10. The molecule has 4 rings (SSSR count). The van der Waals surface area contributed by atoms with Crippen molar-refractivity contribution >= 4 is 33.0 Å². The van der Waals surface area contributed by atoms with Gasteiger partial charge in [0.15, 0.2) is 0 Å². The van der Waals surface area contributed by atoms with Gasteiger partial charge in [-0.2, -0.15) is 0 Å². The first-order valence-corrected chi connectivity index (χ1v) is 10.0. The number of benzene rings is 1. The van der Waals surface area contributed by atoms with E-state index in [1.165, 1.54) is 22.5 Å². The average molecular weight is 386 g/mol. The molecule has 0 atom stereocenters. The quantitative estimate of drug-likeness (QED) is 0.671. The number of hydrogen-bond donors (Lipinski definition) is 2. The lowest BCUT2D eigenvalue weighted by Crippen LogP contribution is -2.25. The van der Waals surface area contributed by atoms with Crippen molar-refractivity contribution < 1.29 is 18.3 Å². The molecule has 1 amide bonds. The van der Waals surface area contributed by atoms with Gasteiger partial charge >= 0.3 is 0 Å². The van der Waals surface area contributed by atoms with Gasteiger partial charge in [-0.15, -0.1) is 0 Å². The van der Waals surface area contributed by atoms with Gasteiger partial charge < -0.3 is 14.8 Å². The molecule has 0 bridgehead atoms. The second-order valence-corrected chi connectivity index (χ2v) is 8.51. The Bertz CT molecular complexity index is 1150. The molecular weight excluding hydrogens is 368 g/mol. The molecule has 0 unspecified atom stereocenters. The van der Waals surface area contributed by atoms with Gasteiger partial charge in [-0.05, 0) is 49.2 Å². The fourth-order valence-electron chi connectivity index (χ4n) is 3.09. The summed E-state index contributed by atoms with van der Waals surface area (Å²) in [4.78, 5) is 16.8. The minimum atomic E-state index is -3.35. The summed E-state index contributed by atoms with van der Waals surface area (Å²) in [6.07, 6.45) is 3.95. The largest absolute Gasteiger partial charge is 0.506 e. The zero-order chi connectivity index (χ0) is 19.2. The molecule has 1 aliphatic rings.